The van der Waals surface area contributed by atoms with Crippen LogP contribution in [0.5, 0.6) is 0 Å². The quantitative estimate of drug-likeness (QED) is 0.605. The van der Waals surface area contributed by atoms with Crippen molar-refractivity contribution in [3.05, 3.63) is 22.7 Å². The maximum Gasteiger partial charge on any atom is 0.310 e. The molecule has 1 aromatic rings. The summed E-state index contributed by atoms with van der Waals surface area (Å²) in [4.78, 5) is 19.8. The minimum absolute atomic E-state index is 0.147. The first kappa shape index (κ1) is 7.03. The Bertz CT molecular complexity index is 560. The second-order valence-electron chi connectivity index (χ2n) is 2.74. The van der Waals surface area contributed by atoms with Gasteiger partial charge in [0.15, 0.2) is 0 Å². The number of nitrogens with zero attached hydrogens (tertiary/aromatic N) is 2. The van der Waals surface area contributed by atoms with Crippen molar-refractivity contribution in [1.29, 1.82) is 0 Å². The van der Waals surface area contributed by atoms with Crippen LogP contribution in [0.15, 0.2) is 27.0 Å². The van der Waals surface area contributed by atoms with Gasteiger partial charge in [0.2, 0.25) is 0 Å². The Kier molecular flexibility index (Phi) is 1.24. The molecule has 13 heavy (non-hydrogen) atoms. The lowest BCUT2D eigenvalue weighted by atomic mass is 10.2. The van der Waals surface area contributed by atoms with E-state index in [1.807, 2.05) is 12.1 Å². The molecular formula is C9H3N2OS. The van der Waals surface area contributed by atoms with Crippen LogP contribution in [0.25, 0.3) is 6.08 Å². The average molecular weight is 187 g/mol. The van der Waals surface area contributed by atoms with Gasteiger partial charge in [-0.25, -0.2) is 9.98 Å². The lowest BCUT2D eigenvalue weighted by molar-refractivity contribution is 0.267. The molecule has 4 heteroatoms. The number of fused-ring (bicyclic) bond motifs is 2. The van der Waals surface area contributed by atoms with Crippen LogP contribution in [0, 0.1) is 0 Å². The van der Waals surface area contributed by atoms with E-state index in [2.05, 4.69) is 16.2 Å². The van der Waals surface area contributed by atoms with Gasteiger partial charge in [0.25, 0.3) is 0 Å². The topological polar surface area (TPSA) is 41.8 Å². The third-order valence-electron chi connectivity index (χ3n) is 1.92. The van der Waals surface area contributed by atoms with E-state index in [1.54, 1.807) is 6.08 Å². The molecule has 3 rings (SSSR count). The van der Waals surface area contributed by atoms with Gasteiger partial charge in [0, 0.05) is 10.1 Å². The van der Waals surface area contributed by atoms with Gasteiger partial charge in [-0.15, -0.1) is 0 Å². The van der Waals surface area contributed by atoms with E-state index in [4.69, 9.17) is 0 Å². The van der Waals surface area contributed by atoms with Crippen molar-refractivity contribution >= 4 is 35.0 Å². The summed E-state index contributed by atoms with van der Waals surface area (Å²) in [6, 6.07) is 3.74. The summed E-state index contributed by atoms with van der Waals surface area (Å²) in [6.45, 7) is 0. The van der Waals surface area contributed by atoms with E-state index in [-0.39, 0.29) is 5.24 Å². The van der Waals surface area contributed by atoms with E-state index in [0.29, 0.717) is 0 Å². The second-order valence-corrected chi connectivity index (χ2v) is 3.74. The molecule has 0 aliphatic carbocycles. The minimum atomic E-state index is -0.147. The summed E-state index contributed by atoms with van der Waals surface area (Å²) in [6.07, 6.45) is 4.57. The maximum atomic E-state index is 11.0. The summed E-state index contributed by atoms with van der Waals surface area (Å²) in [5.74, 6) is 0. The van der Waals surface area contributed by atoms with Crippen LogP contribution < -0.4 is 10.6 Å². The van der Waals surface area contributed by atoms with Gasteiger partial charge in [-0.2, -0.15) is 0 Å². The molecule has 1 amide bonds. The summed E-state index contributed by atoms with van der Waals surface area (Å²) in [5, 5.41) is 1.59. The molecule has 0 spiro atoms. The van der Waals surface area contributed by atoms with Crippen molar-refractivity contribution in [2.75, 3.05) is 0 Å². The van der Waals surface area contributed by atoms with E-state index < -0.39 is 0 Å². The van der Waals surface area contributed by atoms with Gasteiger partial charge >= 0.3 is 5.24 Å². The van der Waals surface area contributed by atoms with E-state index in [1.165, 1.54) is 0 Å². The molecule has 0 atom stereocenters. The summed E-state index contributed by atoms with van der Waals surface area (Å²) < 4.78 is 0. The van der Waals surface area contributed by atoms with Gasteiger partial charge in [-0.3, -0.25) is 4.79 Å². The Balaban J connectivity index is 2.41. The molecule has 0 unspecified atom stereocenters. The predicted octanol–water partition coefficient (Wildman–Crippen LogP) is 0.905. The summed E-state index contributed by atoms with van der Waals surface area (Å²) >= 11 is 1.16. The van der Waals surface area contributed by atoms with Crippen molar-refractivity contribution < 1.29 is 4.79 Å². The first-order valence-electron chi connectivity index (χ1n) is 3.74. The highest BCUT2D eigenvalue weighted by atomic mass is 32.2. The Morgan fingerprint density at radius 1 is 1.38 bits per heavy atom. The van der Waals surface area contributed by atoms with Gasteiger partial charge in [-0.05, 0) is 30.0 Å². The maximum absolute atomic E-state index is 11.0. The zero-order chi connectivity index (χ0) is 8.84. The van der Waals surface area contributed by atoms with Crippen molar-refractivity contribution in [2.45, 2.75) is 4.90 Å². The van der Waals surface area contributed by atoms with Crippen molar-refractivity contribution in [1.82, 2.24) is 0 Å². The molecule has 0 saturated carbocycles. The molecule has 2 aliphatic rings. The molecule has 1 aromatic carbocycles. The highest BCUT2D eigenvalue weighted by Gasteiger charge is 2.14. The molecular weight excluding hydrogens is 184 g/mol. The molecule has 2 heterocycles. The molecule has 1 radical (unpaired) electrons. The molecule has 61 valence electrons. The first-order chi connectivity index (χ1) is 6.33. The number of carbonyl (C=O) groups is 1. The van der Waals surface area contributed by atoms with Crippen LogP contribution in [0.2, 0.25) is 0 Å². The Morgan fingerprint density at radius 3 is 3.23 bits per heavy atom. The monoisotopic (exact) mass is 187 g/mol. The lowest BCUT2D eigenvalue weighted by Gasteiger charge is -1.91. The number of hydrogen-bond acceptors (Lipinski definition) is 3. The first-order valence-corrected chi connectivity index (χ1v) is 4.56. The molecule has 3 nitrogen and oxygen atoms in total. The fraction of sp³-hybridized carbons (Fsp3) is 0. The van der Waals surface area contributed by atoms with Crippen LogP contribution in [0.3, 0.4) is 0 Å². The molecule has 0 N–H and O–H groups in total. The van der Waals surface area contributed by atoms with Crippen molar-refractivity contribution in [2.24, 2.45) is 9.98 Å². The number of hydrogen-bond donors (Lipinski definition) is 0. The fourth-order valence-electron chi connectivity index (χ4n) is 1.34. The van der Waals surface area contributed by atoms with E-state index >= 15 is 0 Å². The third-order valence-corrected chi connectivity index (χ3v) is 2.74. The van der Waals surface area contributed by atoms with Gasteiger partial charge in [-0.1, -0.05) is 0 Å². The van der Waals surface area contributed by atoms with Gasteiger partial charge < -0.3 is 0 Å². The predicted molar refractivity (Wildman–Crippen MR) is 50.0 cm³/mol. The zero-order valence-corrected chi connectivity index (χ0v) is 7.26. The Hall–Kier alpha value is -1.42. The standard InChI is InChI=1S/C9H3N2OS/c12-9-11-7-4-6-5(1-2-10-6)3-8(7)13-9/h1,3-4H. The summed E-state index contributed by atoms with van der Waals surface area (Å²) in [5.41, 5.74) is 0.845. The molecule has 0 saturated heterocycles. The van der Waals surface area contributed by atoms with E-state index in [9.17, 15) is 4.79 Å². The Morgan fingerprint density at radius 2 is 2.31 bits per heavy atom. The number of benzene rings is 1. The number of rotatable bonds is 0. The van der Waals surface area contributed by atoms with Crippen LogP contribution in [0.4, 0.5) is 10.5 Å². The van der Waals surface area contributed by atoms with Crippen LogP contribution in [0.1, 0.15) is 0 Å². The van der Waals surface area contributed by atoms with Gasteiger partial charge in [0.05, 0.1) is 17.3 Å². The second kappa shape index (κ2) is 2.29. The minimum Gasteiger partial charge on any atom is -0.259 e. The highest BCUT2D eigenvalue weighted by Crippen LogP contribution is 2.21. The average Bonchev–Trinajstić information content (AvgIpc) is 2.63. The molecule has 2 aliphatic heterocycles. The van der Waals surface area contributed by atoms with Crippen LogP contribution >= 0.6 is 11.8 Å². The van der Waals surface area contributed by atoms with Crippen LogP contribution in [-0.2, 0) is 0 Å². The summed E-state index contributed by atoms with van der Waals surface area (Å²) in [7, 11) is 0. The third kappa shape index (κ3) is 0.954. The zero-order valence-electron chi connectivity index (χ0n) is 6.44. The van der Waals surface area contributed by atoms with Crippen molar-refractivity contribution in [3.8, 4) is 0 Å². The SMILES string of the molecule is O=C1N=c2cc3c(cc2S1)=C[C]=N3. The Labute approximate surface area is 77.9 Å². The van der Waals surface area contributed by atoms with E-state index in [0.717, 1.165) is 32.9 Å². The highest BCUT2D eigenvalue weighted by molar-refractivity contribution is 8.13. The smallest absolute Gasteiger partial charge is 0.259 e. The lowest BCUT2D eigenvalue weighted by Crippen LogP contribution is -2.08. The number of thioether (sulfide) groups is 1. The van der Waals surface area contributed by atoms with Crippen LogP contribution in [-0.4, -0.2) is 11.5 Å². The number of carbonyl (C=O) groups excluding carboxylic acids is 1. The largest absolute Gasteiger partial charge is 0.310 e. The molecule has 0 bridgehead atoms. The fourth-order valence-corrected chi connectivity index (χ4v) is 2.07. The van der Waals surface area contributed by atoms with Crippen molar-refractivity contribution in [3.63, 3.8) is 0 Å². The normalized spacial score (nSPS) is 16.5. The number of aliphatic imine (C=N–C) groups is 1. The molecule has 0 aromatic heterocycles. The number of amides is 1. The van der Waals surface area contributed by atoms with Gasteiger partial charge in [0.1, 0.15) is 0 Å². The molecule has 0 fully saturated rings.